The van der Waals surface area contributed by atoms with Gasteiger partial charge in [0.25, 0.3) is 5.91 Å². The van der Waals surface area contributed by atoms with Crippen molar-refractivity contribution in [1.82, 2.24) is 9.38 Å². The molecule has 0 atom stereocenters. The number of thiocyanates is 1. The van der Waals surface area contributed by atoms with Crippen LogP contribution in [0.5, 0.6) is 0 Å². The number of anilines is 1. The van der Waals surface area contributed by atoms with Crippen molar-refractivity contribution in [2.45, 2.75) is 18.2 Å². The zero-order valence-corrected chi connectivity index (χ0v) is 14.4. The van der Waals surface area contributed by atoms with Crippen LogP contribution in [0, 0.1) is 10.7 Å². The van der Waals surface area contributed by atoms with E-state index in [1.807, 2.05) is 12.3 Å². The summed E-state index contributed by atoms with van der Waals surface area (Å²) >= 11 is 7.07. The third kappa shape index (κ3) is 3.23. The molecule has 0 saturated heterocycles. The van der Waals surface area contributed by atoms with Crippen LogP contribution in [0.4, 0.5) is 5.69 Å². The van der Waals surface area contributed by atoms with Gasteiger partial charge in [0.05, 0.1) is 5.69 Å². The van der Waals surface area contributed by atoms with Crippen molar-refractivity contribution >= 4 is 40.6 Å². The zero-order valence-electron chi connectivity index (χ0n) is 12.8. The monoisotopic (exact) mass is 356 g/mol. The van der Waals surface area contributed by atoms with E-state index in [9.17, 15) is 4.79 Å². The van der Waals surface area contributed by atoms with Gasteiger partial charge < -0.3 is 5.32 Å². The van der Waals surface area contributed by atoms with Crippen LogP contribution in [0.25, 0.3) is 5.65 Å². The number of thioether (sulfide) groups is 1. The molecule has 0 saturated carbocycles. The molecule has 0 aliphatic carbocycles. The number of hydrogen-bond acceptors (Lipinski definition) is 4. The highest BCUT2D eigenvalue weighted by atomic mass is 35.5. The molecule has 3 aromatic rings. The van der Waals surface area contributed by atoms with E-state index in [2.05, 4.69) is 10.3 Å². The number of amides is 1. The Bertz CT molecular complexity index is 944. The first-order chi connectivity index (χ1) is 11.6. The van der Waals surface area contributed by atoms with Crippen molar-refractivity contribution in [2.24, 2.45) is 0 Å². The number of halogens is 1. The van der Waals surface area contributed by atoms with Crippen molar-refractivity contribution in [3.63, 3.8) is 0 Å². The Morgan fingerprint density at radius 2 is 2.12 bits per heavy atom. The molecule has 3 rings (SSSR count). The van der Waals surface area contributed by atoms with Gasteiger partial charge in [0, 0.05) is 27.9 Å². The minimum Gasteiger partial charge on any atom is -0.321 e. The summed E-state index contributed by atoms with van der Waals surface area (Å²) in [7, 11) is 0. The maximum Gasteiger partial charge on any atom is 0.274 e. The number of carbonyl (C=O) groups is 1. The summed E-state index contributed by atoms with van der Waals surface area (Å²) in [6.45, 7) is 1.95. The molecule has 0 fully saturated rings. The number of aryl methyl sites for hydroxylation is 1. The molecular weight excluding hydrogens is 344 g/mol. The lowest BCUT2D eigenvalue weighted by Crippen LogP contribution is -2.16. The Morgan fingerprint density at radius 3 is 2.79 bits per heavy atom. The van der Waals surface area contributed by atoms with E-state index in [0.717, 1.165) is 16.7 Å². The molecule has 5 nitrogen and oxygen atoms in total. The summed E-state index contributed by atoms with van der Waals surface area (Å²) in [5.41, 5.74) is 2.52. The lowest BCUT2D eigenvalue weighted by molar-refractivity contribution is 0.102. The highest BCUT2D eigenvalue weighted by Crippen LogP contribution is 2.21. The second kappa shape index (κ2) is 6.95. The van der Waals surface area contributed by atoms with Crippen molar-refractivity contribution in [2.75, 3.05) is 5.32 Å². The van der Waals surface area contributed by atoms with Gasteiger partial charge in [-0.1, -0.05) is 18.5 Å². The summed E-state index contributed by atoms with van der Waals surface area (Å²) in [6, 6.07) is 10.6. The first kappa shape index (κ1) is 16.4. The molecule has 7 heteroatoms. The molecule has 1 N–H and O–H groups in total. The van der Waals surface area contributed by atoms with Gasteiger partial charge in [-0.25, -0.2) is 4.98 Å². The Balaban J connectivity index is 1.92. The molecule has 0 spiro atoms. The lowest BCUT2D eigenvalue weighted by atomic mass is 10.2. The van der Waals surface area contributed by atoms with Crippen LogP contribution in [-0.4, -0.2) is 15.3 Å². The molecule has 1 amide bonds. The maximum atomic E-state index is 12.7. The van der Waals surface area contributed by atoms with Gasteiger partial charge in [0.2, 0.25) is 0 Å². The molecule has 0 radical (unpaired) electrons. The minimum atomic E-state index is -0.234. The van der Waals surface area contributed by atoms with Gasteiger partial charge in [0.15, 0.2) is 0 Å². The van der Waals surface area contributed by atoms with Crippen molar-refractivity contribution in [3.8, 4) is 5.40 Å². The first-order valence-corrected chi connectivity index (χ1v) is 8.45. The molecule has 24 heavy (non-hydrogen) atoms. The Labute approximate surface area is 148 Å². The summed E-state index contributed by atoms with van der Waals surface area (Å²) in [5, 5.41) is 14.1. The van der Waals surface area contributed by atoms with Crippen molar-refractivity contribution < 1.29 is 4.79 Å². The highest BCUT2D eigenvalue weighted by molar-refractivity contribution is 8.03. The number of nitrogens with zero attached hydrogens (tertiary/aromatic N) is 3. The number of benzene rings is 1. The fourth-order valence-corrected chi connectivity index (χ4v) is 2.94. The largest absolute Gasteiger partial charge is 0.321 e. The molecule has 2 aromatic heterocycles. The van der Waals surface area contributed by atoms with E-state index in [4.69, 9.17) is 16.9 Å². The zero-order chi connectivity index (χ0) is 17.1. The molecule has 1 aromatic carbocycles. The number of nitrogens with one attached hydrogen (secondary N) is 1. The SMILES string of the molecule is CCc1nc2cc(Cl)ccn2c1C(=O)Nc1ccc(SC#N)cc1. The van der Waals surface area contributed by atoms with Crippen LogP contribution < -0.4 is 5.32 Å². The van der Waals surface area contributed by atoms with Gasteiger partial charge in [-0.2, -0.15) is 5.26 Å². The Kier molecular flexibility index (Phi) is 4.74. The number of nitriles is 1. The van der Waals surface area contributed by atoms with Gasteiger partial charge in [0.1, 0.15) is 16.7 Å². The van der Waals surface area contributed by atoms with E-state index >= 15 is 0 Å². The molecule has 0 unspecified atom stereocenters. The normalized spacial score (nSPS) is 10.5. The number of imidazole rings is 1. The van der Waals surface area contributed by atoms with Crippen molar-refractivity contribution in [1.29, 1.82) is 5.26 Å². The maximum absolute atomic E-state index is 12.7. The smallest absolute Gasteiger partial charge is 0.274 e. The van der Waals surface area contributed by atoms with E-state index in [1.165, 1.54) is 0 Å². The first-order valence-electron chi connectivity index (χ1n) is 7.26. The predicted octanol–water partition coefficient (Wildman–Crippen LogP) is 4.38. The number of fused-ring (bicyclic) bond motifs is 1. The van der Waals surface area contributed by atoms with Crippen LogP contribution in [0.2, 0.25) is 5.02 Å². The summed E-state index contributed by atoms with van der Waals surface area (Å²) in [5.74, 6) is -0.234. The average Bonchev–Trinajstić information content (AvgIpc) is 2.94. The Morgan fingerprint density at radius 1 is 1.38 bits per heavy atom. The number of rotatable bonds is 4. The summed E-state index contributed by atoms with van der Waals surface area (Å²) < 4.78 is 1.74. The third-order valence-corrected chi connectivity index (χ3v) is 4.32. The number of carbonyl (C=O) groups excluding carboxylic acids is 1. The molecule has 0 aliphatic heterocycles. The molecule has 2 heterocycles. The molecular formula is C17H13ClN4OS. The average molecular weight is 357 g/mol. The standard InChI is InChI=1S/C17H13ClN4OS/c1-2-14-16(22-8-7-11(18)9-15(22)21-14)17(23)20-12-3-5-13(6-4-12)24-10-19/h3-9H,2H2,1H3,(H,20,23). The number of hydrogen-bond donors (Lipinski definition) is 1. The van der Waals surface area contributed by atoms with E-state index < -0.39 is 0 Å². The fraction of sp³-hybridized carbons (Fsp3) is 0.118. The minimum absolute atomic E-state index is 0.234. The third-order valence-electron chi connectivity index (χ3n) is 3.49. The van der Waals surface area contributed by atoms with Gasteiger partial charge in [-0.05, 0) is 48.5 Å². The second-order valence-electron chi connectivity index (χ2n) is 5.01. The summed E-state index contributed by atoms with van der Waals surface area (Å²) in [4.78, 5) is 18.0. The topological polar surface area (TPSA) is 70.2 Å². The van der Waals surface area contributed by atoms with Crippen molar-refractivity contribution in [3.05, 3.63) is 59.0 Å². The fourth-order valence-electron chi connectivity index (χ4n) is 2.40. The van der Waals surface area contributed by atoms with E-state index in [-0.39, 0.29) is 5.91 Å². The number of aromatic nitrogens is 2. The van der Waals surface area contributed by atoms with Crippen LogP contribution >= 0.6 is 23.4 Å². The van der Waals surface area contributed by atoms with Crippen LogP contribution in [0.1, 0.15) is 23.1 Å². The predicted molar refractivity (Wildman–Crippen MR) is 95.4 cm³/mol. The second-order valence-corrected chi connectivity index (χ2v) is 6.30. The quantitative estimate of drug-likeness (QED) is 0.556. The molecule has 120 valence electrons. The molecule has 0 aliphatic rings. The molecule has 0 bridgehead atoms. The van der Waals surface area contributed by atoms with Crippen LogP contribution in [-0.2, 0) is 6.42 Å². The van der Waals surface area contributed by atoms with Crippen LogP contribution in [0.15, 0.2) is 47.5 Å². The van der Waals surface area contributed by atoms with E-state index in [0.29, 0.717) is 34.2 Å². The Hall–Kier alpha value is -2.49. The van der Waals surface area contributed by atoms with Gasteiger partial charge in [-0.3, -0.25) is 9.20 Å². The highest BCUT2D eigenvalue weighted by Gasteiger charge is 2.18. The summed E-state index contributed by atoms with van der Waals surface area (Å²) in [6.07, 6.45) is 2.38. The van der Waals surface area contributed by atoms with Gasteiger partial charge in [-0.15, -0.1) is 0 Å². The van der Waals surface area contributed by atoms with Crippen LogP contribution in [0.3, 0.4) is 0 Å². The number of pyridine rings is 1. The lowest BCUT2D eigenvalue weighted by Gasteiger charge is -2.07. The van der Waals surface area contributed by atoms with Gasteiger partial charge >= 0.3 is 0 Å². The van der Waals surface area contributed by atoms with E-state index in [1.54, 1.807) is 47.0 Å².